The monoisotopic (exact) mass is 162 g/mol. The molecule has 0 aliphatic carbocycles. The molecule has 3 nitrogen and oxygen atoms in total. The molecule has 1 rings (SSSR count). The lowest BCUT2D eigenvalue weighted by atomic mass is 10.8. The molecule has 0 saturated carbocycles. The van der Waals surface area contributed by atoms with Gasteiger partial charge in [0.2, 0.25) is 0 Å². The molecule has 10 heavy (non-hydrogen) atoms. The van der Waals surface area contributed by atoms with Crippen LogP contribution in [0.5, 0.6) is 0 Å². The van der Waals surface area contributed by atoms with Crippen molar-refractivity contribution in [3.63, 3.8) is 0 Å². The summed E-state index contributed by atoms with van der Waals surface area (Å²) in [6.45, 7) is 7.42. The Morgan fingerprint density at radius 3 is 1.80 bits per heavy atom. The highest BCUT2D eigenvalue weighted by atomic mass is 32.3. The molecule has 58 valence electrons. The second-order valence-corrected chi connectivity index (χ2v) is 4.87. The molecule has 0 aromatic heterocycles. The van der Waals surface area contributed by atoms with E-state index in [-0.39, 0.29) is 0 Å². The second kappa shape index (κ2) is 2.02. The molecule has 0 aromatic carbocycles. The maximum atomic E-state index is 11.6. The molecule has 1 saturated heterocycles. The molecule has 1 heterocycles. The van der Waals surface area contributed by atoms with Gasteiger partial charge in [0, 0.05) is 10.8 Å². The van der Waals surface area contributed by atoms with Crippen molar-refractivity contribution in [2.45, 2.75) is 0 Å². The van der Waals surface area contributed by atoms with E-state index in [1.165, 1.54) is 10.8 Å². The highest BCUT2D eigenvalue weighted by Gasteiger charge is 2.35. The average Bonchev–Trinajstić information content (AvgIpc) is 2.36. The van der Waals surface area contributed by atoms with E-state index in [4.69, 9.17) is 8.37 Å². The van der Waals surface area contributed by atoms with E-state index in [0.717, 1.165) is 0 Å². The first kappa shape index (κ1) is 7.65. The SMILES string of the molecule is C=CS1(=O)(C=C)OCCO1. The van der Waals surface area contributed by atoms with Crippen molar-refractivity contribution in [3.8, 4) is 0 Å². The maximum Gasteiger partial charge on any atom is 0.126 e. The largest absolute Gasteiger partial charge is 0.284 e. The van der Waals surface area contributed by atoms with E-state index in [2.05, 4.69) is 13.2 Å². The minimum atomic E-state index is -3.52. The summed E-state index contributed by atoms with van der Waals surface area (Å²) >= 11 is 0. The van der Waals surface area contributed by atoms with Crippen LogP contribution in [-0.4, -0.2) is 17.4 Å². The van der Waals surface area contributed by atoms with E-state index in [1.54, 1.807) is 0 Å². The number of hydrogen-bond donors (Lipinski definition) is 0. The van der Waals surface area contributed by atoms with E-state index >= 15 is 0 Å². The zero-order valence-corrected chi connectivity index (χ0v) is 6.43. The van der Waals surface area contributed by atoms with Gasteiger partial charge in [0.05, 0.1) is 13.2 Å². The van der Waals surface area contributed by atoms with Crippen LogP contribution in [0.4, 0.5) is 0 Å². The molecule has 0 atom stereocenters. The first-order chi connectivity index (χ1) is 4.63. The van der Waals surface area contributed by atoms with Crippen molar-refractivity contribution in [1.82, 2.24) is 0 Å². The number of hydrogen-bond acceptors (Lipinski definition) is 3. The highest BCUT2D eigenvalue weighted by Crippen LogP contribution is 2.35. The quantitative estimate of drug-likeness (QED) is 0.607. The minimum absolute atomic E-state index is 0.337. The summed E-state index contributed by atoms with van der Waals surface area (Å²) in [4.78, 5) is 0. The maximum absolute atomic E-state index is 11.6. The van der Waals surface area contributed by atoms with Crippen LogP contribution in [0.25, 0.3) is 0 Å². The summed E-state index contributed by atoms with van der Waals surface area (Å²) in [5, 5.41) is 2.36. The molecular weight excluding hydrogens is 152 g/mol. The van der Waals surface area contributed by atoms with Gasteiger partial charge in [0.15, 0.2) is 0 Å². The normalized spacial score (nSPS) is 31.8. The van der Waals surface area contributed by atoms with Crippen molar-refractivity contribution >= 4 is 9.63 Å². The molecule has 0 radical (unpaired) electrons. The lowest BCUT2D eigenvalue weighted by molar-refractivity contribution is 0.365. The van der Waals surface area contributed by atoms with Gasteiger partial charge in [-0.25, -0.2) is 4.21 Å². The lowest BCUT2D eigenvalue weighted by Crippen LogP contribution is -2.25. The summed E-state index contributed by atoms with van der Waals surface area (Å²) in [6.07, 6.45) is 0. The van der Waals surface area contributed by atoms with Crippen molar-refractivity contribution in [2.24, 2.45) is 0 Å². The van der Waals surface area contributed by atoms with Crippen LogP contribution in [-0.2, 0) is 18.0 Å². The van der Waals surface area contributed by atoms with Gasteiger partial charge in [0.25, 0.3) is 0 Å². The van der Waals surface area contributed by atoms with Crippen molar-refractivity contribution in [1.29, 1.82) is 0 Å². The highest BCUT2D eigenvalue weighted by molar-refractivity contribution is 8.17. The summed E-state index contributed by atoms with van der Waals surface area (Å²) in [5.74, 6) is 0. The third-order valence-electron chi connectivity index (χ3n) is 1.32. The molecule has 0 aromatic rings. The molecule has 4 heteroatoms. The number of rotatable bonds is 2. The molecule has 0 unspecified atom stereocenters. The Morgan fingerprint density at radius 2 is 1.60 bits per heavy atom. The molecular formula is C6H10O3S. The summed E-state index contributed by atoms with van der Waals surface area (Å²) < 4.78 is 21.5. The van der Waals surface area contributed by atoms with Gasteiger partial charge in [-0.3, -0.25) is 8.37 Å². The predicted molar refractivity (Wildman–Crippen MR) is 40.4 cm³/mol. The molecule has 1 fully saturated rings. The van der Waals surface area contributed by atoms with Crippen LogP contribution < -0.4 is 0 Å². The summed E-state index contributed by atoms with van der Waals surface area (Å²) in [6, 6.07) is 0. The van der Waals surface area contributed by atoms with Crippen LogP contribution in [0.15, 0.2) is 24.0 Å². The Balaban J connectivity index is 3.08. The van der Waals surface area contributed by atoms with Gasteiger partial charge < -0.3 is 0 Å². The third-order valence-corrected chi connectivity index (χ3v) is 3.78. The Labute approximate surface area is 60.1 Å². The third kappa shape index (κ3) is 0.941. The Bertz CT molecular complexity index is 207. The molecule has 1 aliphatic heterocycles. The topological polar surface area (TPSA) is 35.5 Å². The van der Waals surface area contributed by atoms with Gasteiger partial charge >= 0.3 is 0 Å². The lowest BCUT2D eigenvalue weighted by Gasteiger charge is -2.27. The zero-order valence-electron chi connectivity index (χ0n) is 5.62. The first-order valence-corrected chi connectivity index (χ1v) is 4.81. The van der Waals surface area contributed by atoms with E-state index in [9.17, 15) is 4.21 Å². The average molecular weight is 162 g/mol. The fourth-order valence-corrected chi connectivity index (χ4v) is 2.07. The molecule has 1 aliphatic rings. The summed E-state index contributed by atoms with van der Waals surface area (Å²) in [5.41, 5.74) is 0. The smallest absolute Gasteiger partial charge is 0.126 e. The Morgan fingerprint density at radius 1 is 1.20 bits per heavy atom. The Kier molecular flexibility index (Phi) is 1.54. The van der Waals surface area contributed by atoms with Crippen LogP contribution in [0.1, 0.15) is 0 Å². The fraction of sp³-hybridized carbons (Fsp3) is 0.333. The van der Waals surface area contributed by atoms with Gasteiger partial charge in [-0.05, 0) is 0 Å². The standard InChI is InChI=1S/C6H10O3S/c1-3-10(7,4-2)8-5-6-9-10/h3-4H,1-2,5-6H2. The first-order valence-electron chi connectivity index (χ1n) is 2.87. The van der Waals surface area contributed by atoms with E-state index in [1.807, 2.05) is 0 Å². The van der Waals surface area contributed by atoms with Gasteiger partial charge in [-0.2, -0.15) is 0 Å². The summed E-state index contributed by atoms with van der Waals surface area (Å²) in [7, 11) is -3.52. The van der Waals surface area contributed by atoms with Crippen LogP contribution >= 0.6 is 0 Å². The van der Waals surface area contributed by atoms with Crippen LogP contribution in [0.2, 0.25) is 0 Å². The van der Waals surface area contributed by atoms with Gasteiger partial charge in [0.1, 0.15) is 9.63 Å². The second-order valence-electron chi connectivity index (χ2n) is 1.89. The van der Waals surface area contributed by atoms with Gasteiger partial charge in [-0.15, -0.1) is 0 Å². The minimum Gasteiger partial charge on any atom is -0.284 e. The van der Waals surface area contributed by atoms with Gasteiger partial charge in [-0.1, -0.05) is 13.2 Å². The van der Waals surface area contributed by atoms with Crippen molar-refractivity contribution in [2.75, 3.05) is 13.2 Å². The van der Waals surface area contributed by atoms with Crippen molar-refractivity contribution < 1.29 is 12.6 Å². The molecule has 0 bridgehead atoms. The van der Waals surface area contributed by atoms with Crippen molar-refractivity contribution in [3.05, 3.63) is 24.0 Å². The van der Waals surface area contributed by atoms with E-state index < -0.39 is 9.63 Å². The zero-order chi connectivity index (χ0) is 7.69. The molecule has 0 N–H and O–H groups in total. The molecule has 0 spiro atoms. The molecule has 0 amide bonds. The van der Waals surface area contributed by atoms with E-state index in [0.29, 0.717) is 13.2 Å². The predicted octanol–water partition coefficient (Wildman–Crippen LogP) is 0.970. The Hall–Kier alpha value is -0.450. The van der Waals surface area contributed by atoms with Crippen LogP contribution in [0, 0.1) is 0 Å². The van der Waals surface area contributed by atoms with Crippen LogP contribution in [0.3, 0.4) is 0 Å². The fourth-order valence-electron chi connectivity index (χ4n) is 0.691.